The number of nitrogens with zero attached hydrogens (tertiary/aromatic N) is 1. The molecule has 0 bridgehead atoms. The lowest BCUT2D eigenvalue weighted by molar-refractivity contribution is -0.142. The number of hydrogen-bond acceptors (Lipinski definition) is 9. The van der Waals surface area contributed by atoms with Crippen LogP contribution in [0.15, 0.2) is 36.4 Å². The van der Waals surface area contributed by atoms with E-state index in [0.717, 1.165) is 0 Å². The van der Waals surface area contributed by atoms with Crippen LogP contribution in [0.1, 0.15) is 54.3 Å². The van der Waals surface area contributed by atoms with E-state index in [2.05, 4.69) is 5.43 Å². The zero-order valence-corrected chi connectivity index (χ0v) is 21.3. The Hall–Kier alpha value is -4.32. The van der Waals surface area contributed by atoms with E-state index in [1.807, 2.05) is 5.43 Å². The minimum atomic E-state index is -1.26. The van der Waals surface area contributed by atoms with Crippen LogP contribution in [0.4, 0.5) is 0 Å². The number of carbonyl (C=O) groups excluding carboxylic acids is 4. The molecule has 2 aromatic carbocycles. The van der Waals surface area contributed by atoms with E-state index in [0.29, 0.717) is 5.01 Å². The van der Waals surface area contributed by atoms with Gasteiger partial charge in [-0.05, 0) is 36.6 Å². The summed E-state index contributed by atoms with van der Waals surface area (Å²) in [5.74, 6) is 1.12. The van der Waals surface area contributed by atoms with Crippen molar-refractivity contribution in [2.45, 2.75) is 33.6 Å². The third-order valence-corrected chi connectivity index (χ3v) is 6.25. The van der Waals surface area contributed by atoms with Gasteiger partial charge in [0.2, 0.25) is 5.91 Å². The second kappa shape index (κ2) is 12.1. The van der Waals surface area contributed by atoms with Gasteiger partial charge in [0.15, 0.2) is 0 Å². The highest BCUT2D eigenvalue weighted by Gasteiger charge is 2.41. The lowest BCUT2D eigenvalue weighted by Gasteiger charge is -2.35. The van der Waals surface area contributed by atoms with Crippen LogP contribution in [-0.2, 0) is 9.59 Å². The van der Waals surface area contributed by atoms with Crippen LogP contribution in [0.2, 0.25) is 0 Å². The third kappa shape index (κ3) is 6.67. The lowest BCUT2D eigenvalue weighted by Crippen LogP contribution is -2.55. The lowest BCUT2D eigenvalue weighted by atomic mass is 9.76. The summed E-state index contributed by atoms with van der Waals surface area (Å²) in [7, 11) is 2.76. The summed E-state index contributed by atoms with van der Waals surface area (Å²) >= 11 is 0. The largest absolute Gasteiger partial charge is 0.507 e. The van der Waals surface area contributed by atoms with Crippen LogP contribution in [0.3, 0.4) is 0 Å². The maximum atomic E-state index is 13.7. The number of phenols is 2. The average molecular weight is 517 g/mol. The molecule has 0 saturated carbocycles. The Morgan fingerprint density at radius 3 is 1.95 bits per heavy atom. The van der Waals surface area contributed by atoms with Crippen molar-refractivity contribution in [2.75, 3.05) is 14.2 Å². The maximum absolute atomic E-state index is 13.7. The first-order chi connectivity index (χ1) is 17.4. The minimum Gasteiger partial charge on any atom is -0.507 e. The van der Waals surface area contributed by atoms with E-state index in [1.165, 1.54) is 50.6 Å². The highest BCUT2D eigenvalue weighted by molar-refractivity contribution is 6.10. The molecule has 0 fully saturated rings. The zero-order chi connectivity index (χ0) is 27.9. The fourth-order valence-corrected chi connectivity index (χ4v) is 3.41. The smallest absolute Gasteiger partial charge is 0.283 e. The van der Waals surface area contributed by atoms with E-state index in [1.54, 1.807) is 20.8 Å². The predicted molar refractivity (Wildman–Crippen MR) is 132 cm³/mol. The van der Waals surface area contributed by atoms with Gasteiger partial charge in [-0.3, -0.25) is 30.0 Å². The molecule has 6 N–H and O–H groups in total. The maximum Gasteiger partial charge on any atom is 0.283 e. The van der Waals surface area contributed by atoms with E-state index >= 15 is 0 Å². The number of nitrogens with one attached hydrogen (secondary N) is 2. The van der Waals surface area contributed by atoms with Crippen molar-refractivity contribution in [1.29, 1.82) is 0 Å². The van der Waals surface area contributed by atoms with Gasteiger partial charge in [0.25, 0.3) is 17.7 Å². The standard InChI is InChI=1S/C25H32N4O8/c1-14(6-11-21(32)27-26)25(2,3)24(35)29(23(34)18-10-8-16(37-5)13-20(18)31)28-22(33)17-9-7-15(36-4)12-19(17)30/h7-10,12-14,30-31H,6,11,26H2,1-5H3,(H,27,32)(H,28,33). The molecule has 4 amide bonds. The normalized spacial score (nSPS) is 11.7. The number of rotatable bonds is 9. The van der Waals surface area contributed by atoms with E-state index in [-0.39, 0.29) is 35.5 Å². The van der Waals surface area contributed by atoms with Gasteiger partial charge >= 0.3 is 0 Å². The van der Waals surface area contributed by atoms with Gasteiger partial charge in [-0.1, -0.05) is 20.8 Å². The molecule has 0 aliphatic rings. The first kappa shape index (κ1) is 28.9. The summed E-state index contributed by atoms with van der Waals surface area (Å²) < 4.78 is 10.0. The van der Waals surface area contributed by atoms with Crippen LogP contribution in [-0.4, -0.2) is 53.1 Å². The molecule has 1 atom stereocenters. The molecule has 200 valence electrons. The quantitative estimate of drug-likeness (QED) is 0.189. The highest BCUT2D eigenvalue weighted by Crippen LogP contribution is 2.34. The molecule has 37 heavy (non-hydrogen) atoms. The number of hydrogen-bond donors (Lipinski definition) is 5. The number of phenolic OH excluding ortho intramolecular Hbond substituents is 2. The van der Waals surface area contributed by atoms with Crippen molar-refractivity contribution in [3.05, 3.63) is 47.5 Å². The van der Waals surface area contributed by atoms with Gasteiger partial charge in [-0.25, -0.2) is 5.84 Å². The van der Waals surface area contributed by atoms with Crippen molar-refractivity contribution >= 4 is 23.6 Å². The Labute approximate surface area is 214 Å². The molecule has 2 aromatic rings. The molecule has 0 aliphatic heterocycles. The average Bonchev–Trinajstić information content (AvgIpc) is 2.88. The molecule has 2 rings (SSSR count). The summed E-state index contributed by atoms with van der Waals surface area (Å²) in [4.78, 5) is 51.8. The Balaban J connectivity index is 2.47. The van der Waals surface area contributed by atoms with Crippen LogP contribution < -0.4 is 26.2 Å². The molecule has 0 saturated heterocycles. The van der Waals surface area contributed by atoms with Crippen LogP contribution in [0, 0.1) is 11.3 Å². The Morgan fingerprint density at radius 1 is 0.973 bits per heavy atom. The second-order valence-corrected chi connectivity index (χ2v) is 8.88. The SMILES string of the molecule is COc1ccc(C(=O)NN(C(=O)c2ccc(OC)cc2O)C(=O)C(C)(C)C(C)CCC(=O)NN)c(O)c1. The molecule has 1 unspecified atom stereocenters. The Bertz CT molecular complexity index is 1180. The van der Waals surface area contributed by atoms with Gasteiger partial charge < -0.3 is 19.7 Å². The van der Waals surface area contributed by atoms with E-state index in [4.69, 9.17) is 15.3 Å². The van der Waals surface area contributed by atoms with Gasteiger partial charge in [0, 0.05) is 24.0 Å². The molecule has 0 aromatic heterocycles. The number of amides is 4. The van der Waals surface area contributed by atoms with Crippen LogP contribution in [0.5, 0.6) is 23.0 Å². The van der Waals surface area contributed by atoms with Crippen molar-refractivity contribution in [1.82, 2.24) is 15.9 Å². The molecule has 12 heteroatoms. The molecular formula is C25H32N4O8. The van der Waals surface area contributed by atoms with Crippen molar-refractivity contribution < 1.29 is 38.9 Å². The monoisotopic (exact) mass is 516 g/mol. The summed E-state index contributed by atoms with van der Waals surface area (Å²) in [5.41, 5.74) is 2.51. The second-order valence-electron chi connectivity index (χ2n) is 8.88. The van der Waals surface area contributed by atoms with Crippen molar-refractivity contribution in [2.24, 2.45) is 17.2 Å². The third-order valence-electron chi connectivity index (χ3n) is 6.25. The minimum absolute atomic E-state index is 0.0354. The molecule has 0 spiro atoms. The number of imide groups is 1. The van der Waals surface area contributed by atoms with Crippen molar-refractivity contribution in [3.8, 4) is 23.0 Å². The topological polar surface area (TPSA) is 181 Å². The van der Waals surface area contributed by atoms with E-state index < -0.39 is 46.5 Å². The van der Waals surface area contributed by atoms with E-state index in [9.17, 15) is 29.4 Å². The first-order valence-corrected chi connectivity index (χ1v) is 11.3. The summed E-state index contributed by atoms with van der Waals surface area (Å²) in [6.45, 7) is 4.84. The molecule has 0 heterocycles. The summed E-state index contributed by atoms with van der Waals surface area (Å²) in [6, 6.07) is 7.73. The van der Waals surface area contributed by atoms with Crippen molar-refractivity contribution in [3.63, 3.8) is 0 Å². The predicted octanol–water partition coefficient (Wildman–Crippen LogP) is 1.86. The molecular weight excluding hydrogens is 484 g/mol. The Morgan fingerprint density at radius 2 is 1.49 bits per heavy atom. The number of methoxy groups -OCH3 is 2. The number of carbonyl (C=O) groups is 4. The fraction of sp³-hybridized carbons (Fsp3) is 0.360. The molecule has 12 nitrogen and oxygen atoms in total. The first-order valence-electron chi connectivity index (χ1n) is 11.3. The highest BCUT2D eigenvalue weighted by atomic mass is 16.5. The van der Waals surface area contributed by atoms with Gasteiger partial charge in [0.1, 0.15) is 23.0 Å². The number of benzene rings is 2. The zero-order valence-electron chi connectivity index (χ0n) is 21.3. The number of ether oxygens (including phenoxy) is 2. The Kier molecular flexibility index (Phi) is 9.44. The van der Waals surface area contributed by atoms with Gasteiger partial charge in [-0.2, -0.15) is 5.01 Å². The van der Waals surface area contributed by atoms with Crippen LogP contribution in [0.25, 0.3) is 0 Å². The number of aromatic hydroxyl groups is 2. The summed E-state index contributed by atoms with van der Waals surface area (Å²) in [6.07, 6.45) is 0.290. The number of nitrogens with two attached hydrogens (primary N) is 1. The van der Waals surface area contributed by atoms with Gasteiger partial charge in [0.05, 0.1) is 25.3 Å². The summed E-state index contributed by atoms with van der Waals surface area (Å²) in [5, 5.41) is 21.2. The number of hydrazine groups is 2. The van der Waals surface area contributed by atoms with Gasteiger partial charge in [-0.15, -0.1) is 0 Å². The fourth-order valence-electron chi connectivity index (χ4n) is 3.41. The molecule has 0 radical (unpaired) electrons. The molecule has 0 aliphatic carbocycles. The van der Waals surface area contributed by atoms with Crippen LogP contribution >= 0.6 is 0 Å².